The first-order chi connectivity index (χ1) is 8.30. The van der Waals surface area contributed by atoms with E-state index in [9.17, 15) is 8.42 Å². The summed E-state index contributed by atoms with van der Waals surface area (Å²) in [5.41, 5.74) is 5.81. The Balaban J connectivity index is 2.42. The SMILES string of the molecule is CN1CCN(c2nn(C)c(N)c2S(C)(=O)=O)CC1. The van der Waals surface area contributed by atoms with Gasteiger partial charge in [-0.25, -0.2) is 13.1 Å². The molecule has 0 radical (unpaired) electrons. The first-order valence-electron chi connectivity index (χ1n) is 5.76. The van der Waals surface area contributed by atoms with Gasteiger partial charge in [-0.1, -0.05) is 0 Å². The predicted molar refractivity (Wildman–Crippen MR) is 70.4 cm³/mol. The highest BCUT2D eigenvalue weighted by Crippen LogP contribution is 2.29. The molecule has 102 valence electrons. The fraction of sp³-hybridized carbons (Fsp3) is 0.700. The Morgan fingerprint density at radius 1 is 1.17 bits per heavy atom. The molecule has 18 heavy (non-hydrogen) atoms. The molecule has 0 saturated carbocycles. The third kappa shape index (κ3) is 2.30. The highest BCUT2D eigenvalue weighted by atomic mass is 32.2. The van der Waals surface area contributed by atoms with Crippen LogP contribution in [0.2, 0.25) is 0 Å². The molecule has 0 amide bonds. The molecule has 0 aromatic carbocycles. The average molecular weight is 273 g/mol. The average Bonchev–Trinajstić information content (AvgIpc) is 2.56. The molecule has 0 aliphatic carbocycles. The number of anilines is 2. The highest BCUT2D eigenvalue weighted by Gasteiger charge is 2.28. The van der Waals surface area contributed by atoms with Gasteiger partial charge in [-0.15, -0.1) is 0 Å². The minimum absolute atomic E-state index is 0.148. The van der Waals surface area contributed by atoms with Crippen LogP contribution >= 0.6 is 0 Å². The molecule has 0 bridgehead atoms. The summed E-state index contributed by atoms with van der Waals surface area (Å²) in [4.78, 5) is 4.32. The zero-order valence-electron chi connectivity index (χ0n) is 10.9. The maximum atomic E-state index is 11.8. The molecule has 0 spiro atoms. The number of aryl methyl sites for hydroxylation is 1. The van der Waals surface area contributed by atoms with Gasteiger partial charge in [0.2, 0.25) is 0 Å². The van der Waals surface area contributed by atoms with Gasteiger partial charge in [0.25, 0.3) is 0 Å². The van der Waals surface area contributed by atoms with E-state index in [1.54, 1.807) is 7.05 Å². The van der Waals surface area contributed by atoms with Crippen LogP contribution in [0.4, 0.5) is 11.6 Å². The van der Waals surface area contributed by atoms with E-state index in [0.717, 1.165) is 26.2 Å². The van der Waals surface area contributed by atoms with Gasteiger partial charge in [-0.3, -0.25) is 0 Å². The molecule has 0 unspecified atom stereocenters. The zero-order valence-corrected chi connectivity index (χ0v) is 11.7. The normalized spacial score (nSPS) is 18.3. The van der Waals surface area contributed by atoms with Crippen LogP contribution in [0.25, 0.3) is 0 Å². The van der Waals surface area contributed by atoms with E-state index in [1.807, 2.05) is 11.9 Å². The number of nitrogen functional groups attached to an aromatic ring is 1. The Kier molecular flexibility index (Phi) is 3.24. The molecule has 2 heterocycles. The number of piperazine rings is 1. The largest absolute Gasteiger partial charge is 0.383 e. The van der Waals surface area contributed by atoms with Crippen LogP contribution in [-0.2, 0) is 16.9 Å². The third-order valence-electron chi connectivity index (χ3n) is 3.20. The standard InChI is InChI=1S/C10H19N5O2S/c1-13-4-6-15(7-5-13)10-8(18(3,16)17)9(11)14(2)12-10/h4-7,11H2,1-3H3. The summed E-state index contributed by atoms with van der Waals surface area (Å²) >= 11 is 0. The van der Waals surface area contributed by atoms with E-state index < -0.39 is 9.84 Å². The van der Waals surface area contributed by atoms with Crippen molar-refractivity contribution in [2.24, 2.45) is 7.05 Å². The summed E-state index contributed by atoms with van der Waals surface area (Å²) in [6.45, 7) is 3.30. The predicted octanol–water partition coefficient (Wildman–Crippen LogP) is -0.842. The third-order valence-corrected chi connectivity index (χ3v) is 4.34. The van der Waals surface area contributed by atoms with Gasteiger partial charge in [-0.2, -0.15) is 5.10 Å². The van der Waals surface area contributed by atoms with Crippen LogP contribution in [0.1, 0.15) is 0 Å². The van der Waals surface area contributed by atoms with Crippen LogP contribution in [0, 0.1) is 0 Å². The van der Waals surface area contributed by atoms with E-state index in [2.05, 4.69) is 10.00 Å². The summed E-state index contributed by atoms with van der Waals surface area (Å²) in [6.07, 6.45) is 1.17. The van der Waals surface area contributed by atoms with Crippen molar-refractivity contribution in [3.05, 3.63) is 0 Å². The Labute approximate surface area is 107 Å². The van der Waals surface area contributed by atoms with Crippen molar-refractivity contribution >= 4 is 21.5 Å². The van der Waals surface area contributed by atoms with Crippen LogP contribution in [-0.4, -0.2) is 62.6 Å². The van der Waals surface area contributed by atoms with Crippen LogP contribution in [0.15, 0.2) is 4.90 Å². The van der Waals surface area contributed by atoms with Gasteiger partial charge in [0.05, 0.1) is 0 Å². The van der Waals surface area contributed by atoms with Crippen molar-refractivity contribution in [3.8, 4) is 0 Å². The molecule has 1 fully saturated rings. The second kappa shape index (κ2) is 4.43. The van der Waals surface area contributed by atoms with Crippen molar-refractivity contribution in [1.29, 1.82) is 0 Å². The molecule has 0 atom stereocenters. The van der Waals surface area contributed by atoms with Gasteiger partial charge >= 0.3 is 0 Å². The summed E-state index contributed by atoms with van der Waals surface area (Å²) in [6, 6.07) is 0. The number of rotatable bonds is 2. The number of nitrogens with two attached hydrogens (primary N) is 1. The lowest BCUT2D eigenvalue weighted by Crippen LogP contribution is -2.45. The first-order valence-corrected chi connectivity index (χ1v) is 7.66. The molecule has 1 aliphatic rings. The smallest absolute Gasteiger partial charge is 0.182 e. The molecule has 7 nitrogen and oxygen atoms in total. The number of aromatic nitrogens is 2. The lowest BCUT2D eigenvalue weighted by molar-refractivity contribution is 0.311. The van der Waals surface area contributed by atoms with Crippen LogP contribution in [0.3, 0.4) is 0 Å². The maximum Gasteiger partial charge on any atom is 0.182 e. The molecular weight excluding hydrogens is 254 g/mol. The molecule has 1 aliphatic heterocycles. The fourth-order valence-electron chi connectivity index (χ4n) is 2.08. The Morgan fingerprint density at radius 2 is 1.72 bits per heavy atom. The van der Waals surface area contributed by atoms with Gasteiger partial charge < -0.3 is 15.5 Å². The van der Waals surface area contributed by atoms with Gasteiger partial charge in [0, 0.05) is 39.5 Å². The van der Waals surface area contributed by atoms with E-state index in [0.29, 0.717) is 5.82 Å². The summed E-state index contributed by atoms with van der Waals surface area (Å²) < 4.78 is 25.1. The highest BCUT2D eigenvalue weighted by molar-refractivity contribution is 7.91. The van der Waals surface area contributed by atoms with E-state index >= 15 is 0 Å². The van der Waals surface area contributed by atoms with Crippen molar-refractivity contribution in [2.75, 3.05) is 50.1 Å². The molecular formula is C10H19N5O2S. The van der Waals surface area contributed by atoms with Crippen molar-refractivity contribution in [3.63, 3.8) is 0 Å². The van der Waals surface area contributed by atoms with Gasteiger partial charge in [-0.05, 0) is 7.05 Å². The number of hydrogen-bond donors (Lipinski definition) is 1. The summed E-state index contributed by atoms with van der Waals surface area (Å²) in [5, 5.41) is 4.25. The molecule has 1 aromatic rings. The van der Waals surface area contributed by atoms with Gasteiger partial charge in [0.15, 0.2) is 20.6 Å². The molecule has 1 saturated heterocycles. The summed E-state index contributed by atoms with van der Waals surface area (Å²) in [5.74, 6) is 0.678. The van der Waals surface area contributed by atoms with Crippen LogP contribution in [0.5, 0.6) is 0 Å². The molecule has 8 heteroatoms. The molecule has 1 aromatic heterocycles. The van der Waals surface area contributed by atoms with E-state index in [-0.39, 0.29) is 10.7 Å². The monoisotopic (exact) mass is 273 g/mol. The van der Waals surface area contributed by atoms with Crippen molar-refractivity contribution in [1.82, 2.24) is 14.7 Å². The Hall–Kier alpha value is -1.28. The Morgan fingerprint density at radius 3 is 2.22 bits per heavy atom. The second-order valence-electron chi connectivity index (χ2n) is 4.72. The second-order valence-corrected chi connectivity index (χ2v) is 6.68. The number of sulfone groups is 1. The number of nitrogens with zero attached hydrogens (tertiary/aromatic N) is 4. The minimum atomic E-state index is -3.37. The molecule has 2 rings (SSSR count). The quantitative estimate of drug-likeness (QED) is 0.756. The maximum absolute atomic E-state index is 11.8. The zero-order chi connectivity index (χ0) is 13.5. The number of likely N-dealkylation sites (N-methyl/N-ethyl adjacent to an activating group) is 1. The van der Waals surface area contributed by atoms with Crippen molar-refractivity contribution < 1.29 is 8.42 Å². The number of hydrogen-bond acceptors (Lipinski definition) is 6. The van der Waals surface area contributed by atoms with E-state index in [4.69, 9.17) is 5.73 Å². The lowest BCUT2D eigenvalue weighted by Gasteiger charge is -2.32. The first kappa shape index (κ1) is 13.2. The minimum Gasteiger partial charge on any atom is -0.383 e. The fourth-order valence-corrected chi connectivity index (χ4v) is 3.10. The lowest BCUT2D eigenvalue weighted by atomic mass is 10.3. The molecule has 2 N–H and O–H groups in total. The van der Waals surface area contributed by atoms with E-state index in [1.165, 1.54) is 10.9 Å². The van der Waals surface area contributed by atoms with Crippen molar-refractivity contribution in [2.45, 2.75) is 4.90 Å². The van der Waals surface area contributed by atoms with Crippen LogP contribution < -0.4 is 10.6 Å². The topological polar surface area (TPSA) is 84.5 Å². The van der Waals surface area contributed by atoms with Gasteiger partial charge in [0.1, 0.15) is 5.82 Å². The Bertz CT molecular complexity index is 543. The summed E-state index contributed by atoms with van der Waals surface area (Å²) in [7, 11) is 0.330.